The van der Waals surface area contributed by atoms with Crippen LogP contribution in [0.15, 0.2) is 50.9 Å². The Hall–Kier alpha value is -1.63. The zero-order chi connectivity index (χ0) is 21.5. The molecule has 0 radical (unpaired) electrons. The molecule has 0 aliphatic rings. The first kappa shape index (κ1) is 26.4. The van der Waals surface area contributed by atoms with E-state index in [1.165, 1.54) is 6.26 Å². The number of furan rings is 1. The summed E-state index contributed by atoms with van der Waals surface area (Å²) in [5.41, 5.74) is 0.348. The smallest absolute Gasteiger partial charge is 0.240 e. The van der Waals surface area contributed by atoms with E-state index in [0.29, 0.717) is 30.4 Å². The Bertz CT molecular complexity index is 928. The average molecular weight is 550 g/mol. The van der Waals surface area contributed by atoms with Crippen LogP contribution in [-0.4, -0.2) is 45.7 Å². The number of hydrogen-bond donors (Lipinski definition) is 4. The molecule has 10 heteroatoms. The molecule has 1 aromatic carbocycles. The Morgan fingerprint density at radius 2 is 1.93 bits per heavy atom. The van der Waals surface area contributed by atoms with Gasteiger partial charge in [-0.2, -0.15) is 0 Å². The summed E-state index contributed by atoms with van der Waals surface area (Å²) >= 11 is 0. The molecule has 1 heterocycles. The number of nitrogens with one attached hydrogen (secondary N) is 3. The SMILES string of the molecule is CCNC(=NCC(C)(O)c1ccco1)NCCNS(=O)(=O)c1cc(C)ccc1C.I. The Kier molecular flexibility index (Phi) is 10.3. The van der Waals surface area contributed by atoms with E-state index in [1.807, 2.05) is 19.9 Å². The van der Waals surface area contributed by atoms with E-state index in [0.717, 1.165) is 5.56 Å². The molecule has 1 aromatic heterocycles. The molecule has 8 nitrogen and oxygen atoms in total. The van der Waals surface area contributed by atoms with E-state index in [9.17, 15) is 13.5 Å². The summed E-state index contributed by atoms with van der Waals surface area (Å²) in [5, 5.41) is 16.6. The van der Waals surface area contributed by atoms with Crippen molar-refractivity contribution in [3.8, 4) is 0 Å². The molecule has 2 aromatic rings. The fourth-order valence-corrected chi connectivity index (χ4v) is 4.04. The lowest BCUT2D eigenvalue weighted by molar-refractivity contribution is 0.0437. The van der Waals surface area contributed by atoms with Crippen LogP contribution in [0.1, 0.15) is 30.7 Å². The number of aliphatic hydroxyl groups is 1. The summed E-state index contributed by atoms with van der Waals surface area (Å²) < 4.78 is 32.9. The van der Waals surface area contributed by atoms with Crippen molar-refractivity contribution < 1.29 is 17.9 Å². The third kappa shape index (κ3) is 7.56. The molecule has 0 amide bonds. The topological polar surface area (TPSA) is 116 Å². The number of sulfonamides is 1. The van der Waals surface area contributed by atoms with E-state index in [1.54, 1.807) is 38.1 Å². The van der Waals surface area contributed by atoms with Gasteiger partial charge in [0.25, 0.3) is 0 Å². The van der Waals surface area contributed by atoms with Crippen LogP contribution in [0, 0.1) is 13.8 Å². The molecule has 4 N–H and O–H groups in total. The maximum Gasteiger partial charge on any atom is 0.240 e. The standard InChI is InChI=1S/C20H30N4O4S.HI/c1-5-21-19(23-14-20(4,25)18-7-6-12-28-18)22-10-11-24-29(26,27)17-13-15(2)8-9-16(17)3;/h6-9,12-13,24-25H,5,10-11,14H2,1-4H3,(H2,21,22,23);1H. The molecular weight excluding hydrogens is 519 g/mol. The van der Waals surface area contributed by atoms with Crippen LogP contribution in [0.4, 0.5) is 0 Å². The minimum Gasteiger partial charge on any atom is -0.466 e. The first-order valence-corrected chi connectivity index (χ1v) is 11.0. The van der Waals surface area contributed by atoms with Crippen LogP contribution in [0.2, 0.25) is 0 Å². The highest BCUT2D eigenvalue weighted by molar-refractivity contribution is 14.0. The van der Waals surface area contributed by atoms with Gasteiger partial charge in [-0.15, -0.1) is 24.0 Å². The molecule has 2 rings (SSSR count). The predicted molar refractivity (Wildman–Crippen MR) is 129 cm³/mol. The molecule has 0 saturated carbocycles. The van der Waals surface area contributed by atoms with Gasteiger partial charge in [-0.25, -0.2) is 18.1 Å². The van der Waals surface area contributed by atoms with Crippen molar-refractivity contribution in [3.63, 3.8) is 0 Å². The molecular formula is C20H31IN4O4S. The zero-order valence-corrected chi connectivity index (χ0v) is 20.9. The minimum absolute atomic E-state index is 0. The number of guanidine groups is 1. The molecule has 0 aliphatic carbocycles. The van der Waals surface area contributed by atoms with E-state index < -0.39 is 15.6 Å². The lowest BCUT2D eigenvalue weighted by Gasteiger charge is -2.19. The van der Waals surface area contributed by atoms with Crippen molar-refractivity contribution >= 4 is 40.0 Å². The highest BCUT2D eigenvalue weighted by Crippen LogP contribution is 2.21. The molecule has 0 bridgehead atoms. The first-order valence-electron chi connectivity index (χ1n) is 9.51. The van der Waals surface area contributed by atoms with Crippen LogP contribution in [0.3, 0.4) is 0 Å². The van der Waals surface area contributed by atoms with Crippen LogP contribution in [0.25, 0.3) is 0 Å². The van der Waals surface area contributed by atoms with Gasteiger partial charge < -0.3 is 20.2 Å². The summed E-state index contributed by atoms with van der Waals surface area (Å²) in [6, 6.07) is 8.74. The van der Waals surface area contributed by atoms with Gasteiger partial charge in [0.15, 0.2) is 5.96 Å². The highest BCUT2D eigenvalue weighted by Gasteiger charge is 2.26. The number of hydrogen-bond acceptors (Lipinski definition) is 5. The maximum atomic E-state index is 12.5. The van der Waals surface area contributed by atoms with Crippen molar-refractivity contribution in [2.75, 3.05) is 26.2 Å². The molecule has 0 aliphatic heterocycles. The minimum atomic E-state index is -3.59. The second-order valence-electron chi connectivity index (χ2n) is 7.04. The highest BCUT2D eigenvalue weighted by atomic mass is 127. The zero-order valence-electron chi connectivity index (χ0n) is 17.7. The molecule has 0 spiro atoms. The lowest BCUT2D eigenvalue weighted by Crippen LogP contribution is -2.42. The third-order valence-electron chi connectivity index (χ3n) is 4.28. The van der Waals surface area contributed by atoms with Crippen molar-refractivity contribution in [1.82, 2.24) is 15.4 Å². The summed E-state index contributed by atoms with van der Waals surface area (Å²) in [5.74, 6) is 0.906. The van der Waals surface area contributed by atoms with Gasteiger partial charge >= 0.3 is 0 Å². The van der Waals surface area contributed by atoms with Gasteiger partial charge in [0.05, 0.1) is 17.7 Å². The molecule has 168 valence electrons. The van der Waals surface area contributed by atoms with Gasteiger partial charge in [0.1, 0.15) is 11.4 Å². The largest absolute Gasteiger partial charge is 0.466 e. The molecule has 1 atom stereocenters. The second-order valence-corrected chi connectivity index (χ2v) is 8.78. The van der Waals surface area contributed by atoms with Crippen LogP contribution >= 0.6 is 24.0 Å². The monoisotopic (exact) mass is 550 g/mol. The quantitative estimate of drug-likeness (QED) is 0.165. The molecule has 30 heavy (non-hydrogen) atoms. The number of benzene rings is 1. The summed E-state index contributed by atoms with van der Waals surface area (Å²) in [4.78, 5) is 4.65. The number of rotatable bonds is 9. The molecule has 1 unspecified atom stereocenters. The van der Waals surface area contributed by atoms with E-state index in [-0.39, 0.29) is 42.0 Å². The Morgan fingerprint density at radius 3 is 2.57 bits per heavy atom. The van der Waals surface area contributed by atoms with Crippen LogP contribution in [0.5, 0.6) is 0 Å². The Morgan fingerprint density at radius 1 is 1.20 bits per heavy atom. The van der Waals surface area contributed by atoms with Gasteiger partial charge in [0, 0.05) is 19.6 Å². The number of aryl methyl sites for hydroxylation is 2. The lowest BCUT2D eigenvalue weighted by atomic mass is 10.0. The second kappa shape index (κ2) is 11.7. The fraction of sp³-hybridized carbons (Fsp3) is 0.450. The Balaban J connectivity index is 0.00000450. The van der Waals surface area contributed by atoms with E-state index >= 15 is 0 Å². The number of halogens is 1. The molecule has 0 fully saturated rings. The summed E-state index contributed by atoms with van der Waals surface area (Å²) in [6.45, 7) is 8.41. The molecule has 0 saturated heterocycles. The predicted octanol–water partition coefficient (Wildman–Crippen LogP) is 2.26. The van der Waals surface area contributed by atoms with Gasteiger partial charge in [-0.1, -0.05) is 12.1 Å². The van der Waals surface area contributed by atoms with Gasteiger partial charge in [-0.3, -0.25) is 0 Å². The average Bonchev–Trinajstić information content (AvgIpc) is 3.21. The van der Waals surface area contributed by atoms with Crippen molar-refractivity contribution in [1.29, 1.82) is 0 Å². The van der Waals surface area contributed by atoms with Gasteiger partial charge in [-0.05, 0) is 57.0 Å². The first-order chi connectivity index (χ1) is 13.7. The Labute approximate surface area is 195 Å². The van der Waals surface area contributed by atoms with E-state index in [4.69, 9.17) is 4.42 Å². The third-order valence-corrected chi connectivity index (χ3v) is 5.89. The van der Waals surface area contributed by atoms with Crippen molar-refractivity contribution in [2.45, 2.75) is 38.2 Å². The normalized spacial score (nSPS) is 14.0. The van der Waals surface area contributed by atoms with Crippen LogP contribution in [-0.2, 0) is 15.6 Å². The van der Waals surface area contributed by atoms with Crippen LogP contribution < -0.4 is 15.4 Å². The van der Waals surface area contributed by atoms with Crippen molar-refractivity contribution in [3.05, 3.63) is 53.5 Å². The van der Waals surface area contributed by atoms with Gasteiger partial charge in [0.2, 0.25) is 10.0 Å². The summed E-state index contributed by atoms with van der Waals surface area (Å²) in [6.07, 6.45) is 1.50. The fourth-order valence-electron chi connectivity index (χ4n) is 2.68. The maximum absolute atomic E-state index is 12.5. The van der Waals surface area contributed by atoms with Crippen molar-refractivity contribution in [2.24, 2.45) is 4.99 Å². The number of nitrogens with zero attached hydrogens (tertiary/aromatic N) is 1. The van der Waals surface area contributed by atoms with E-state index in [2.05, 4.69) is 20.3 Å². The summed E-state index contributed by atoms with van der Waals surface area (Å²) in [7, 11) is -3.59. The number of aliphatic imine (C=N–C) groups is 1.